The standard InChI is InChI=1S/C22H21ClN4O5/c1-27-21(29)18(17(31-2)12-25-27)14-8-6-13(7-9-14)11-16(22(30)32-3)26-20(28)15-5-4-10-24-19(15)23/h4-10,12,16H,11H2,1-3H3,(H,26,28)/t16-/m0/s1. The number of aryl methyl sites for hydroxylation is 1. The van der Waals surface area contributed by atoms with Gasteiger partial charge in [0, 0.05) is 19.7 Å². The normalized spacial score (nSPS) is 11.5. The van der Waals surface area contributed by atoms with Crippen LogP contribution in [0.25, 0.3) is 11.1 Å². The van der Waals surface area contributed by atoms with Crippen LogP contribution in [0, 0.1) is 0 Å². The van der Waals surface area contributed by atoms with Gasteiger partial charge in [0.1, 0.15) is 11.2 Å². The predicted octanol–water partition coefficient (Wildman–Crippen LogP) is 2.02. The summed E-state index contributed by atoms with van der Waals surface area (Å²) in [7, 11) is 4.26. The number of hydrogen-bond acceptors (Lipinski definition) is 7. The number of nitrogens with zero attached hydrogens (tertiary/aromatic N) is 3. The van der Waals surface area contributed by atoms with E-state index in [1.807, 2.05) is 0 Å². The molecule has 0 radical (unpaired) electrons. The molecule has 3 rings (SSSR count). The van der Waals surface area contributed by atoms with Crippen LogP contribution in [0.3, 0.4) is 0 Å². The molecule has 0 bridgehead atoms. The Morgan fingerprint density at radius 3 is 2.53 bits per heavy atom. The van der Waals surface area contributed by atoms with E-state index in [9.17, 15) is 14.4 Å². The zero-order valence-corrected chi connectivity index (χ0v) is 18.4. The Morgan fingerprint density at radius 1 is 1.19 bits per heavy atom. The lowest BCUT2D eigenvalue weighted by atomic mass is 10.0. The summed E-state index contributed by atoms with van der Waals surface area (Å²) in [6, 6.07) is 9.13. The van der Waals surface area contributed by atoms with E-state index in [0.717, 1.165) is 5.56 Å². The van der Waals surface area contributed by atoms with Gasteiger partial charge in [0.2, 0.25) is 0 Å². The van der Waals surface area contributed by atoms with Crippen molar-refractivity contribution in [3.63, 3.8) is 0 Å². The molecule has 1 N–H and O–H groups in total. The average molecular weight is 457 g/mol. The van der Waals surface area contributed by atoms with Crippen LogP contribution in [-0.4, -0.2) is 46.9 Å². The highest BCUT2D eigenvalue weighted by Gasteiger charge is 2.24. The number of methoxy groups -OCH3 is 2. The van der Waals surface area contributed by atoms with Gasteiger partial charge in [-0.1, -0.05) is 35.9 Å². The van der Waals surface area contributed by atoms with E-state index in [0.29, 0.717) is 16.9 Å². The maximum Gasteiger partial charge on any atom is 0.328 e. The van der Waals surface area contributed by atoms with Gasteiger partial charge >= 0.3 is 5.97 Å². The second-order valence-corrected chi connectivity index (χ2v) is 7.17. The van der Waals surface area contributed by atoms with Crippen molar-refractivity contribution in [1.82, 2.24) is 20.1 Å². The molecule has 0 aliphatic heterocycles. The lowest BCUT2D eigenvalue weighted by Crippen LogP contribution is -2.43. The molecule has 0 saturated heterocycles. The summed E-state index contributed by atoms with van der Waals surface area (Å²) in [5.41, 5.74) is 1.60. The van der Waals surface area contributed by atoms with Crippen molar-refractivity contribution in [2.24, 2.45) is 7.05 Å². The van der Waals surface area contributed by atoms with E-state index in [1.54, 1.807) is 37.4 Å². The molecule has 0 spiro atoms. The summed E-state index contributed by atoms with van der Waals surface area (Å²) >= 11 is 5.97. The molecule has 1 aromatic carbocycles. The number of halogens is 1. The number of rotatable bonds is 7. The van der Waals surface area contributed by atoms with E-state index in [2.05, 4.69) is 15.4 Å². The highest BCUT2D eigenvalue weighted by molar-refractivity contribution is 6.32. The summed E-state index contributed by atoms with van der Waals surface area (Å²) < 4.78 is 11.3. The largest absolute Gasteiger partial charge is 0.494 e. The first-order valence-electron chi connectivity index (χ1n) is 9.54. The van der Waals surface area contributed by atoms with E-state index in [4.69, 9.17) is 21.1 Å². The summed E-state index contributed by atoms with van der Waals surface area (Å²) in [5.74, 6) is -0.791. The van der Waals surface area contributed by atoms with Gasteiger partial charge in [-0.15, -0.1) is 0 Å². The molecule has 0 aliphatic rings. The third-order valence-electron chi connectivity index (χ3n) is 4.80. The molecule has 166 valence electrons. The molecule has 10 heteroatoms. The van der Waals surface area contributed by atoms with Gasteiger partial charge in [0.05, 0.1) is 31.5 Å². The summed E-state index contributed by atoms with van der Waals surface area (Å²) in [6.45, 7) is 0. The number of aromatic nitrogens is 3. The van der Waals surface area contributed by atoms with Crippen molar-refractivity contribution in [3.05, 3.63) is 75.4 Å². The van der Waals surface area contributed by atoms with Crippen LogP contribution < -0.4 is 15.6 Å². The van der Waals surface area contributed by atoms with Crippen molar-refractivity contribution in [2.45, 2.75) is 12.5 Å². The van der Waals surface area contributed by atoms with Gasteiger partial charge in [-0.3, -0.25) is 9.59 Å². The number of ether oxygens (including phenoxy) is 2. The Morgan fingerprint density at radius 2 is 1.91 bits per heavy atom. The molecule has 2 aromatic heterocycles. The second-order valence-electron chi connectivity index (χ2n) is 6.81. The molecule has 1 atom stereocenters. The van der Waals surface area contributed by atoms with Gasteiger partial charge in [0.15, 0.2) is 5.75 Å². The number of pyridine rings is 1. The number of carbonyl (C=O) groups excluding carboxylic acids is 2. The molecule has 0 unspecified atom stereocenters. The van der Waals surface area contributed by atoms with Gasteiger partial charge in [-0.05, 0) is 23.3 Å². The van der Waals surface area contributed by atoms with Gasteiger partial charge in [0.25, 0.3) is 11.5 Å². The minimum absolute atomic E-state index is 0.0332. The lowest BCUT2D eigenvalue weighted by molar-refractivity contribution is -0.142. The number of hydrogen-bond donors (Lipinski definition) is 1. The quantitative estimate of drug-likeness (QED) is 0.427. The number of esters is 1. The summed E-state index contributed by atoms with van der Waals surface area (Å²) in [5, 5.41) is 6.62. The molecule has 9 nitrogen and oxygen atoms in total. The smallest absolute Gasteiger partial charge is 0.328 e. The second kappa shape index (κ2) is 10.1. The Labute approximate surface area is 189 Å². The molecule has 3 aromatic rings. The minimum atomic E-state index is -0.946. The molecule has 2 heterocycles. The van der Waals surface area contributed by atoms with Crippen LogP contribution >= 0.6 is 11.6 Å². The van der Waals surface area contributed by atoms with Crippen molar-refractivity contribution in [3.8, 4) is 16.9 Å². The van der Waals surface area contributed by atoms with E-state index in [1.165, 1.54) is 37.4 Å². The van der Waals surface area contributed by atoms with Crippen LogP contribution in [0.4, 0.5) is 0 Å². The first-order valence-corrected chi connectivity index (χ1v) is 9.92. The highest BCUT2D eigenvalue weighted by atomic mass is 35.5. The summed E-state index contributed by atoms with van der Waals surface area (Å²) in [4.78, 5) is 41.2. The van der Waals surface area contributed by atoms with Gasteiger partial charge in [-0.2, -0.15) is 5.10 Å². The van der Waals surface area contributed by atoms with E-state index >= 15 is 0 Å². The Bertz CT molecular complexity index is 1190. The maximum absolute atomic E-state index is 12.6. The fourth-order valence-electron chi connectivity index (χ4n) is 3.11. The van der Waals surface area contributed by atoms with Gasteiger partial charge in [-0.25, -0.2) is 14.5 Å². The average Bonchev–Trinajstić information content (AvgIpc) is 2.80. The van der Waals surface area contributed by atoms with Crippen molar-refractivity contribution < 1.29 is 19.1 Å². The third-order valence-corrected chi connectivity index (χ3v) is 5.10. The minimum Gasteiger partial charge on any atom is -0.494 e. The fourth-order valence-corrected chi connectivity index (χ4v) is 3.32. The zero-order valence-electron chi connectivity index (χ0n) is 17.7. The van der Waals surface area contributed by atoms with Crippen LogP contribution in [0.5, 0.6) is 5.75 Å². The topological polar surface area (TPSA) is 112 Å². The van der Waals surface area contributed by atoms with Gasteiger partial charge < -0.3 is 14.8 Å². The van der Waals surface area contributed by atoms with E-state index < -0.39 is 17.9 Å². The van der Waals surface area contributed by atoms with Crippen molar-refractivity contribution in [1.29, 1.82) is 0 Å². The van der Waals surface area contributed by atoms with Crippen molar-refractivity contribution >= 4 is 23.5 Å². The number of benzene rings is 1. The molecule has 1 amide bonds. The first-order chi connectivity index (χ1) is 15.3. The number of nitrogens with one attached hydrogen (secondary N) is 1. The molecule has 32 heavy (non-hydrogen) atoms. The Balaban J connectivity index is 1.84. The SMILES string of the molecule is COC(=O)[C@H](Cc1ccc(-c2c(OC)cnn(C)c2=O)cc1)NC(=O)c1cccnc1Cl. The predicted molar refractivity (Wildman–Crippen MR) is 118 cm³/mol. The Hall–Kier alpha value is -3.72. The zero-order chi connectivity index (χ0) is 23.3. The highest BCUT2D eigenvalue weighted by Crippen LogP contribution is 2.25. The molecular weight excluding hydrogens is 436 g/mol. The molecule has 0 saturated carbocycles. The first kappa shape index (κ1) is 23.0. The van der Waals surface area contributed by atoms with Crippen LogP contribution in [0.2, 0.25) is 5.15 Å². The molecule has 0 aliphatic carbocycles. The lowest BCUT2D eigenvalue weighted by Gasteiger charge is -2.17. The summed E-state index contributed by atoms with van der Waals surface area (Å²) in [6.07, 6.45) is 3.10. The monoisotopic (exact) mass is 456 g/mol. The van der Waals surface area contributed by atoms with Crippen LogP contribution in [0.15, 0.2) is 53.6 Å². The van der Waals surface area contributed by atoms with Crippen LogP contribution in [-0.2, 0) is 23.0 Å². The van der Waals surface area contributed by atoms with E-state index in [-0.39, 0.29) is 22.7 Å². The molecular formula is C22H21ClN4O5. The number of amides is 1. The maximum atomic E-state index is 12.6. The third kappa shape index (κ3) is 4.94. The van der Waals surface area contributed by atoms with Crippen LogP contribution in [0.1, 0.15) is 15.9 Å². The fraction of sp³-hybridized carbons (Fsp3) is 0.227. The molecule has 0 fully saturated rings. The number of carbonyl (C=O) groups is 2. The Kier molecular flexibility index (Phi) is 7.21. The van der Waals surface area contributed by atoms with Crippen molar-refractivity contribution in [2.75, 3.05) is 14.2 Å².